The van der Waals surface area contributed by atoms with E-state index in [1.165, 1.54) is 22.5 Å². The summed E-state index contributed by atoms with van der Waals surface area (Å²) in [5, 5.41) is 7.49. The molecule has 1 saturated heterocycles. The molecule has 1 fully saturated rings. The number of aryl methyl sites for hydroxylation is 2. The molecule has 134 valence electrons. The lowest BCUT2D eigenvalue weighted by Gasteiger charge is -2.32. The van der Waals surface area contributed by atoms with Crippen molar-refractivity contribution in [2.45, 2.75) is 32.6 Å². The van der Waals surface area contributed by atoms with Gasteiger partial charge in [-0.05, 0) is 32.3 Å². The highest BCUT2D eigenvalue weighted by Crippen LogP contribution is 2.33. The average Bonchev–Trinajstić information content (AvgIpc) is 3.31. The van der Waals surface area contributed by atoms with Crippen molar-refractivity contribution in [3.63, 3.8) is 0 Å². The molecule has 26 heavy (non-hydrogen) atoms. The molecule has 0 saturated carbocycles. The molecule has 1 N–H and O–H groups in total. The van der Waals surface area contributed by atoms with Crippen LogP contribution in [-0.2, 0) is 0 Å². The van der Waals surface area contributed by atoms with Crippen LogP contribution in [0.25, 0.3) is 11.1 Å². The minimum absolute atomic E-state index is 0.103. The van der Waals surface area contributed by atoms with Gasteiger partial charge in [-0.3, -0.25) is 9.89 Å². The van der Waals surface area contributed by atoms with Gasteiger partial charge < -0.3 is 4.90 Å². The zero-order valence-electron chi connectivity index (χ0n) is 15.0. The van der Waals surface area contributed by atoms with Crippen molar-refractivity contribution in [1.29, 1.82) is 0 Å². The van der Waals surface area contributed by atoms with Crippen LogP contribution in [0.2, 0.25) is 0 Å². The van der Waals surface area contributed by atoms with Crippen LogP contribution >= 0.6 is 11.3 Å². The normalized spacial score (nSPS) is 17.5. The molecule has 5 nitrogen and oxygen atoms in total. The Morgan fingerprint density at radius 1 is 1.27 bits per heavy atom. The van der Waals surface area contributed by atoms with Gasteiger partial charge in [-0.25, -0.2) is 4.98 Å². The number of carbonyl (C=O) groups is 1. The highest BCUT2D eigenvalue weighted by molar-refractivity contribution is 7.11. The molecule has 6 heteroatoms. The molecule has 0 spiro atoms. The fourth-order valence-corrected chi connectivity index (χ4v) is 4.39. The summed E-state index contributed by atoms with van der Waals surface area (Å²) < 4.78 is 0. The number of rotatable bonds is 3. The third-order valence-corrected chi connectivity index (χ3v) is 6.00. The first-order valence-electron chi connectivity index (χ1n) is 8.93. The number of nitrogens with zero attached hydrogens (tertiary/aromatic N) is 3. The number of hydrogen-bond donors (Lipinski definition) is 1. The van der Waals surface area contributed by atoms with Gasteiger partial charge in [0.25, 0.3) is 5.91 Å². The van der Waals surface area contributed by atoms with Crippen LogP contribution < -0.4 is 0 Å². The van der Waals surface area contributed by atoms with Crippen LogP contribution in [0.1, 0.15) is 45.4 Å². The first-order chi connectivity index (χ1) is 12.6. The van der Waals surface area contributed by atoms with E-state index in [9.17, 15) is 4.79 Å². The molecule has 0 aliphatic carbocycles. The summed E-state index contributed by atoms with van der Waals surface area (Å²) in [7, 11) is 0. The summed E-state index contributed by atoms with van der Waals surface area (Å²) in [5.74, 6) is 0.380. The lowest BCUT2D eigenvalue weighted by Crippen LogP contribution is -2.39. The smallest absolute Gasteiger partial charge is 0.265 e. The van der Waals surface area contributed by atoms with Crippen molar-refractivity contribution in [2.24, 2.45) is 0 Å². The van der Waals surface area contributed by atoms with Crippen molar-refractivity contribution in [1.82, 2.24) is 20.1 Å². The third-order valence-electron chi connectivity index (χ3n) is 5.09. The Kier molecular flexibility index (Phi) is 4.59. The van der Waals surface area contributed by atoms with Crippen LogP contribution in [-0.4, -0.2) is 39.1 Å². The van der Waals surface area contributed by atoms with Crippen molar-refractivity contribution in [2.75, 3.05) is 13.1 Å². The second-order valence-electron chi connectivity index (χ2n) is 6.92. The molecule has 1 aliphatic heterocycles. The molecule has 0 radical (unpaired) electrons. The quantitative estimate of drug-likeness (QED) is 0.757. The molecular weight excluding hydrogens is 344 g/mol. The summed E-state index contributed by atoms with van der Waals surface area (Å²) in [6, 6.07) is 8.51. The minimum atomic E-state index is 0.103. The van der Waals surface area contributed by atoms with Crippen molar-refractivity contribution in [3.05, 3.63) is 57.8 Å². The largest absolute Gasteiger partial charge is 0.337 e. The zero-order chi connectivity index (χ0) is 18.1. The van der Waals surface area contributed by atoms with Crippen molar-refractivity contribution < 1.29 is 4.79 Å². The molecular formula is C20H22N4OS. The van der Waals surface area contributed by atoms with E-state index in [4.69, 9.17) is 0 Å². The molecule has 1 aromatic carbocycles. The molecule has 2 aromatic heterocycles. The SMILES string of the molecule is Cc1ccc(-c2cn[nH]c2C2CCCN(C(=O)c3scnc3C)C2)cc1. The average molecular weight is 366 g/mol. The molecule has 1 aliphatic rings. The fourth-order valence-electron chi connectivity index (χ4n) is 3.62. The van der Waals surface area contributed by atoms with Crippen molar-refractivity contribution in [3.8, 4) is 11.1 Å². The molecule has 3 aromatic rings. The van der Waals surface area contributed by atoms with E-state index in [1.807, 2.05) is 18.0 Å². The van der Waals surface area contributed by atoms with Crippen LogP contribution in [0.4, 0.5) is 0 Å². The molecule has 3 heterocycles. The lowest BCUT2D eigenvalue weighted by atomic mass is 9.90. The first-order valence-corrected chi connectivity index (χ1v) is 9.81. The Balaban J connectivity index is 1.57. The lowest BCUT2D eigenvalue weighted by molar-refractivity contribution is 0.0710. The van der Waals surface area contributed by atoms with Gasteiger partial charge >= 0.3 is 0 Å². The van der Waals surface area contributed by atoms with E-state index in [0.29, 0.717) is 0 Å². The van der Waals surface area contributed by atoms with E-state index in [1.54, 1.807) is 5.51 Å². The van der Waals surface area contributed by atoms with Gasteiger partial charge in [0.2, 0.25) is 0 Å². The highest BCUT2D eigenvalue weighted by atomic mass is 32.1. The van der Waals surface area contributed by atoms with Gasteiger partial charge in [0.05, 0.1) is 17.4 Å². The van der Waals surface area contributed by atoms with E-state index in [2.05, 4.69) is 46.4 Å². The summed E-state index contributed by atoms with van der Waals surface area (Å²) in [5.41, 5.74) is 7.25. The molecule has 1 amide bonds. The van der Waals surface area contributed by atoms with Crippen LogP contribution in [0.3, 0.4) is 0 Å². The molecule has 1 atom stereocenters. The Hall–Kier alpha value is -2.47. The predicted octanol–water partition coefficient (Wildman–Crippen LogP) is 4.17. The van der Waals surface area contributed by atoms with Gasteiger partial charge in [0, 0.05) is 30.3 Å². The number of benzene rings is 1. The number of carbonyl (C=O) groups excluding carboxylic acids is 1. The molecule has 1 unspecified atom stereocenters. The second-order valence-corrected chi connectivity index (χ2v) is 7.78. The number of hydrogen-bond acceptors (Lipinski definition) is 4. The Morgan fingerprint density at radius 3 is 2.81 bits per heavy atom. The predicted molar refractivity (Wildman–Crippen MR) is 103 cm³/mol. The summed E-state index contributed by atoms with van der Waals surface area (Å²) in [4.78, 5) is 19.8. The minimum Gasteiger partial charge on any atom is -0.337 e. The monoisotopic (exact) mass is 366 g/mol. The Bertz CT molecular complexity index is 912. The maximum absolute atomic E-state index is 12.9. The Labute approximate surface area is 157 Å². The Morgan fingerprint density at radius 2 is 2.08 bits per heavy atom. The molecule has 0 bridgehead atoms. The standard InChI is InChI=1S/C20H22N4OS/c1-13-5-7-15(8-6-13)17-10-22-23-18(17)16-4-3-9-24(11-16)20(25)19-14(2)21-12-26-19/h5-8,10,12,16H,3-4,9,11H2,1-2H3,(H,22,23). The van der Waals surface area contributed by atoms with E-state index >= 15 is 0 Å². The summed E-state index contributed by atoms with van der Waals surface area (Å²) in [6.07, 6.45) is 3.96. The van der Waals surface area contributed by atoms with Gasteiger partial charge in [-0.1, -0.05) is 29.8 Å². The number of thiazole rings is 1. The van der Waals surface area contributed by atoms with E-state index in [0.717, 1.165) is 47.8 Å². The van der Waals surface area contributed by atoms with E-state index < -0.39 is 0 Å². The van der Waals surface area contributed by atoms with Crippen LogP contribution in [0.15, 0.2) is 36.0 Å². The number of nitrogens with one attached hydrogen (secondary N) is 1. The van der Waals surface area contributed by atoms with Gasteiger partial charge in [-0.15, -0.1) is 11.3 Å². The number of aromatic amines is 1. The second kappa shape index (κ2) is 7.03. The van der Waals surface area contributed by atoms with Crippen LogP contribution in [0.5, 0.6) is 0 Å². The maximum Gasteiger partial charge on any atom is 0.265 e. The first kappa shape index (κ1) is 17.0. The number of piperidine rings is 1. The van der Waals surface area contributed by atoms with Gasteiger partial charge in [0.15, 0.2) is 0 Å². The van der Waals surface area contributed by atoms with Crippen molar-refractivity contribution >= 4 is 17.2 Å². The zero-order valence-corrected chi connectivity index (χ0v) is 15.8. The van der Waals surface area contributed by atoms with Gasteiger partial charge in [0.1, 0.15) is 4.88 Å². The number of H-pyrrole nitrogens is 1. The van der Waals surface area contributed by atoms with E-state index in [-0.39, 0.29) is 11.8 Å². The molecule has 4 rings (SSSR count). The topological polar surface area (TPSA) is 61.9 Å². The summed E-state index contributed by atoms with van der Waals surface area (Å²) in [6.45, 7) is 5.51. The maximum atomic E-state index is 12.9. The highest BCUT2D eigenvalue weighted by Gasteiger charge is 2.29. The number of amides is 1. The van der Waals surface area contributed by atoms with Gasteiger partial charge in [-0.2, -0.15) is 5.10 Å². The number of likely N-dealkylation sites (tertiary alicyclic amines) is 1. The fraction of sp³-hybridized carbons (Fsp3) is 0.350. The summed E-state index contributed by atoms with van der Waals surface area (Å²) >= 11 is 1.43. The van der Waals surface area contributed by atoms with Crippen LogP contribution in [0, 0.1) is 13.8 Å². The number of aromatic nitrogens is 3. The third kappa shape index (κ3) is 3.17.